The van der Waals surface area contributed by atoms with Gasteiger partial charge < -0.3 is 4.74 Å². The summed E-state index contributed by atoms with van der Waals surface area (Å²) in [6.45, 7) is 6.14. The zero-order chi connectivity index (χ0) is 22.4. The van der Waals surface area contributed by atoms with Crippen LogP contribution in [0.1, 0.15) is 22.5 Å². The summed E-state index contributed by atoms with van der Waals surface area (Å²) in [4.78, 5) is 21.6. The largest absolute Gasteiger partial charge is 0.471 e. The van der Waals surface area contributed by atoms with Gasteiger partial charge in [-0.2, -0.15) is 10.1 Å². The summed E-state index contributed by atoms with van der Waals surface area (Å²) in [6, 6.07) is 14.8. The summed E-state index contributed by atoms with van der Waals surface area (Å²) in [7, 11) is 0. The van der Waals surface area contributed by atoms with E-state index >= 15 is 0 Å². The number of nitrogens with zero attached hydrogens (tertiary/aromatic N) is 5. The molecule has 0 unspecified atom stereocenters. The van der Waals surface area contributed by atoms with E-state index in [2.05, 4.69) is 4.98 Å². The number of hydrogen-bond donors (Lipinski definition) is 0. The molecule has 0 saturated heterocycles. The second-order valence-corrected chi connectivity index (χ2v) is 8.20. The van der Waals surface area contributed by atoms with Crippen molar-refractivity contribution in [2.75, 3.05) is 0 Å². The van der Waals surface area contributed by atoms with Gasteiger partial charge in [0.05, 0.1) is 22.1 Å². The fourth-order valence-electron chi connectivity index (χ4n) is 3.76. The zero-order valence-corrected chi connectivity index (χ0v) is 18.6. The molecule has 0 amide bonds. The Morgan fingerprint density at radius 1 is 1.00 bits per heavy atom. The standard InChI is InChI=1S/C24H20ClN5O2/c1-14-4-7-19(8-5-14)30-24-23(16(3)28-30)15(2)10-21(27-24)32-13-18-11-22(31)29-12-17(25)6-9-20(29)26-18/h4-12H,13H2,1-3H3. The van der Waals surface area contributed by atoms with E-state index in [0.717, 1.165) is 28.0 Å². The Hall–Kier alpha value is -3.71. The van der Waals surface area contributed by atoms with E-state index in [0.29, 0.717) is 22.2 Å². The molecule has 0 aliphatic rings. The lowest BCUT2D eigenvalue weighted by atomic mass is 10.1. The van der Waals surface area contributed by atoms with E-state index < -0.39 is 0 Å². The van der Waals surface area contributed by atoms with Gasteiger partial charge in [-0.15, -0.1) is 0 Å². The number of ether oxygens (including phenoxy) is 1. The summed E-state index contributed by atoms with van der Waals surface area (Å²) in [5.74, 6) is 0.446. The first-order valence-corrected chi connectivity index (χ1v) is 10.5. The van der Waals surface area contributed by atoms with E-state index in [1.807, 2.05) is 55.8 Å². The van der Waals surface area contributed by atoms with Gasteiger partial charge in [-0.1, -0.05) is 29.3 Å². The van der Waals surface area contributed by atoms with Crippen LogP contribution in [0.25, 0.3) is 22.4 Å². The SMILES string of the molecule is Cc1ccc(-n2nc(C)c3c(C)cc(OCc4cc(=O)n5cc(Cl)ccc5n4)nc32)cc1. The normalized spacial score (nSPS) is 11.4. The lowest BCUT2D eigenvalue weighted by Gasteiger charge is -2.09. The van der Waals surface area contributed by atoms with Crippen molar-refractivity contribution in [2.45, 2.75) is 27.4 Å². The Bertz CT molecular complexity index is 1540. The van der Waals surface area contributed by atoms with Crippen LogP contribution in [0.15, 0.2) is 59.5 Å². The molecule has 7 nitrogen and oxygen atoms in total. The van der Waals surface area contributed by atoms with Crippen molar-refractivity contribution in [3.05, 3.63) is 92.6 Å². The average molecular weight is 446 g/mol. The molecule has 160 valence electrons. The van der Waals surface area contributed by atoms with Gasteiger partial charge in [0.15, 0.2) is 5.65 Å². The molecule has 0 atom stereocenters. The maximum Gasteiger partial charge on any atom is 0.258 e. The fourth-order valence-corrected chi connectivity index (χ4v) is 3.92. The van der Waals surface area contributed by atoms with Crippen LogP contribution in [0.5, 0.6) is 5.88 Å². The molecule has 0 aliphatic heterocycles. The van der Waals surface area contributed by atoms with Crippen molar-refractivity contribution >= 4 is 28.3 Å². The molecule has 0 bridgehead atoms. The lowest BCUT2D eigenvalue weighted by Crippen LogP contribution is -2.16. The van der Waals surface area contributed by atoms with Gasteiger partial charge in [-0.3, -0.25) is 9.20 Å². The van der Waals surface area contributed by atoms with Gasteiger partial charge >= 0.3 is 0 Å². The summed E-state index contributed by atoms with van der Waals surface area (Å²) >= 11 is 5.97. The molecular formula is C24H20ClN5O2. The summed E-state index contributed by atoms with van der Waals surface area (Å²) < 4.78 is 9.17. The Balaban J connectivity index is 1.50. The number of hydrogen-bond acceptors (Lipinski definition) is 5. The van der Waals surface area contributed by atoms with Crippen LogP contribution in [-0.4, -0.2) is 24.1 Å². The average Bonchev–Trinajstić information content (AvgIpc) is 3.10. The monoisotopic (exact) mass is 445 g/mol. The Morgan fingerprint density at radius 3 is 2.56 bits per heavy atom. The first-order chi connectivity index (χ1) is 15.4. The smallest absolute Gasteiger partial charge is 0.258 e. The summed E-state index contributed by atoms with van der Waals surface area (Å²) in [6.07, 6.45) is 1.55. The van der Waals surface area contributed by atoms with Gasteiger partial charge in [-0.05, 0) is 50.6 Å². The van der Waals surface area contributed by atoms with Crippen LogP contribution < -0.4 is 10.3 Å². The molecule has 1 aromatic carbocycles. The molecule has 5 aromatic rings. The van der Waals surface area contributed by atoms with Gasteiger partial charge in [0.1, 0.15) is 12.3 Å². The molecule has 8 heteroatoms. The Labute approximate surface area is 188 Å². The second-order valence-electron chi connectivity index (χ2n) is 7.76. The summed E-state index contributed by atoms with van der Waals surface area (Å²) in [5.41, 5.74) is 5.55. The lowest BCUT2D eigenvalue weighted by molar-refractivity contribution is 0.290. The highest BCUT2D eigenvalue weighted by molar-refractivity contribution is 6.30. The van der Waals surface area contributed by atoms with Crippen LogP contribution in [0.3, 0.4) is 0 Å². The minimum Gasteiger partial charge on any atom is -0.471 e. The highest BCUT2D eigenvalue weighted by Gasteiger charge is 2.15. The van der Waals surface area contributed by atoms with Crippen molar-refractivity contribution in [1.82, 2.24) is 24.1 Å². The molecular weight excluding hydrogens is 426 g/mol. The van der Waals surface area contributed by atoms with Gasteiger partial charge in [0.2, 0.25) is 5.88 Å². The van der Waals surface area contributed by atoms with Crippen molar-refractivity contribution in [3.8, 4) is 11.6 Å². The van der Waals surface area contributed by atoms with E-state index in [4.69, 9.17) is 26.4 Å². The first kappa shape index (κ1) is 20.2. The minimum atomic E-state index is -0.219. The van der Waals surface area contributed by atoms with Crippen LogP contribution in [0.2, 0.25) is 5.02 Å². The number of halogens is 1. The molecule has 0 radical (unpaired) electrons. The molecule has 4 heterocycles. The van der Waals surface area contributed by atoms with E-state index in [1.165, 1.54) is 16.0 Å². The first-order valence-electron chi connectivity index (χ1n) is 10.1. The number of benzene rings is 1. The van der Waals surface area contributed by atoms with E-state index in [9.17, 15) is 4.79 Å². The van der Waals surface area contributed by atoms with Crippen LogP contribution >= 0.6 is 11.6 Å². The quantitative estimate of drug-likeness (QED) is 0.404. The molecule has 0 saturated carbocycles. The molecule has 4 aromatic heterocycles. The third-order valence-corrected chi connectivity index (χ3v) is 5.53. The fraction of sp³-hybridized carbons (Fsp3) is 0.167. The highest BCUT2D eigenvalue weighted by Crippen LogP contribution is 2.27. The molecule has 0 N–H and O–H groups in total. The predicted molar refractivity (Wildman–Crippen MR) is 124 cm³/mol. The Morgan fingerprint density at radius 2 is 1.78 bits per heavy atom. The van der Waals surface area contributed by atoms with Gasteiger partial charge in [-0.25, -0.2) is 9.67 Å². The molecule has 0 spiro atoms. The minimum absolute atomic E-state index is 0.115. The Kier molecular flexibility index (Phi) is 4.90. The van der Waals surface area contributed by atoms with Crippen LogP contribution in [-0.2, 0) is 6.61 Å². The number of fused-ring (bicyclic) bond motifs is 2. The van der Waals surface area contributed by atoms with Crippen molar-refractivity contribution in [2.24, 2.45) is 0 Å². The zero-order valence-electron chi connectivity index (χ0n) is 17.8. The third kappa shape index (κ3) is 3.61. The highest BCUT2D eigenvalue weighted by atomic mass is 35.5. The maximum atomic E-state index is 12.4. The molecule has 5 rings (SSSR count). The number of aryl methyl sites for hydroxylation is 3. The van der Waals surface area contributed by atoms with Gasteiger partial charge in [0.25, 0.3) is 5.56 Å². The summed E-state index contributed by atoms with van der Waals surface area (Å²) in [5, 5.41) is 6.16. The topological polar surface area (TPSA) is 74.3 Å². The van der Waals surface area contributed by atoms with Crippen LogP contribution in [0.4, 0.5) is 0 Å². The van der Waals surface area contributed by atoms with Crippen molar-refractivity contribution in [1.29, 1.82) is 0 Å². The van der Waals surface area contributed by atoms with Crippen molar-refractivity contribution < 1.29 is 4.74 Å². The van der Waals surface area contributed by atoms with Gasteiger partial charge in [0, 0.05) is 23.7 Å². The molecule has 32 heavy (non-hydrogen) atoms. The van der Waals surface area contributed by atoms with E-state index in [-0.39, 0.29) is 12.2 Å². The number of rotatable bonds is 4. The molecule has 0 fully saturated rings. The van der Waals surface area contributed by atoms with Crippen molar-refractivity contribution in [3.63, 3.8) is 0 Å². The molecule has 0 aliphatic carbocycles. The number of pyridine rings is 2. The second kappa shape index (κ2) is 7.76. The maximum absolute atomic E-state index is 12.4. The third-order valence-electron chi connectivity index (χ3n) is 5.31. The van der Waals surface area contributed by atoms with Crippen LogP contribution in [0, 0.1) is 20.8 Å². The predicted octanol–water partition coefficient (Wildman–Crippen LogP) is 4.59. The van der Waals surface area contributed by atoms with E-state index in [1.54, 1.807) is 18.3 Å². The number of aromatic nitrogens is 5.